The van der Waals surface area contributed by atoms with Gasteiger partial charge >= 0.3 is 0 Å². The third kappa shape index (κ3) is 6.60. The van der Waals surface area contributed by atoms with Crippen LogP contribution in [-0.4, -0.2) is 31.5 Å². The predicted octanol–water partition coefficient (Wildman–Crippen LogP) is 3.48. The van der Waals surface area contributed by atoms with Crippen LogP contribution in [0.1, 0.15) is 5.56 Å². The molecule has 8 nitrogen and oxygen atoms in total. The van der Waals surface area contributed by atoms with Gasteiger partial charge in [-0.1, -0.05) is 12.1 Å². The molecule has 0 aliphatic carbocycles. The van der Waals surface area contributed by atoms with E-state index < -0.39 is 15.9 Å². The second kappa shape index (κ2) is 10.2. The predicted molar refractivity (Wildman–Crippen MR) is 126 cm³/mol. The number of sulfonamides is 1. The van der Waals surface area contributed by atoms with Gasteiger partial charge in [0.05, 0.1) is 12.0 Å². The number of amides is 1. The molecule has 3 rings (SSSR count). The molecular formula is C20H18N4O4S3. The van der Waals surface area contributed by atoms with Gasteiger partial charge in [-0.15, -0.1) is 11.3 Å². The Bertz CT molecular complexity index is 1170. The summed E-state index contributed by atoms with van der Waals surface area (Å²) in [6.07, 6.45) is 4.51. The maximum atomic E-state index is 12.3. The number of methoxy groups -OCH3 is 1. The fraction of sp³-hybridized carbons (Fsp3) is 0.0500. The van der Waals surface area contributed by atoms with Gasteiger partial charge in [0.1, 0.15) is 5.75 Å². The SMILES string of the molecule is COc1ccc(/C=C/C(=O)NC(=S)Nc2ccc(S(=O)(=O)Nc3nccs3)cc2)cc1. The molecule has 0 radical (unpaired) electrons. The molecule has 0 aliphatic heterocycles. The molecule has 11 heteroatoms. The van der Waals surface area contributed by atoms with E-state index in [1.165, 1.54) is 35.7 Å². The van der Waals surface area contributed by atoms with Gasteiger partial charge in [0.2, 0.25) is 5.91 Å². The molecule has 160 valence electrons. The lowest BCUT2D eigenvalue weighted by Crippen LogP contribution is -2.32. The van der Waals surface area contributed by atoms with E-state index in [9.17, 15) is 13.2 Å². The second-order valence-corrected chi connectivity index (χ2v) is 9.00. The Labute approximate surface area is 189 Å². The summed E-state index contributed by atoms with van der Waals surface area (Å²) in [6.45, 7) is 0. The van der Waals surface area contributed by atoms with Crippen LogP contribution in [0.5, 0.6) is 5.75 Å². The lowest BCUT2D eigenvalue weighted by Gasteiger charge is -2.09. The first kappa shape index (κ1) is 22.4. The van der Waals surface area contributed by atoms with Gasteiger partial charge in [-0.3, -0.25) is 14.8 Å². The monoisotopic (exact) mass is 474 g/mol. The minimum atomic E-state index is -3.74. The van der Waals surface area contributed by atoms with E-state index in [1.807, 2.05) is 12.1 Å². The van der Waals surface area contributed by atoms with Crippen LogP contribution in [0.2, 0.25) is 0 Å². The zero-order valence-electron chi connectivity index (χ0n) is 16.2. The number of aromatic nitrogens is 1. The summed E-state index contributed by atoms with van der Waals surface area (Å²) in [7, 11) is -2.15. The molecule has 0 spiro atoms. The summed E-state index contributed by atoms with van der Waals surface area (Å²) in [4.78, 5) is 16.0. The number of carbonyl (C=O) groups excluding carboxylic acids is 1. The summed E-state index contributed by atoms with van der Waals surface area (Å²) in [5.41, 5.74) is 1.36. The highest BCUT2D eigenvalue weighted by Crippen LogP contribution is 2.19. The van der Waals surface area contributed by atoms with Gasteiger partial charge in [-0.2, -0.15) is 0 Å². The Kier molecular flexibility index (Phi) is 7.34. The zero-order valence-corrected chi connectivity index (χ0v) is 18.7. The maximum Gasteiger partial charge on any atom is 0.263 e. The Balaban J connectivity index is 1.54. The Morgan fingerprint density at radius 3 is 2.45 bits per heavy atom. The number of carbonyl (C=O) groups is 1. The molecular weight excluding hydrogens is 456 g/mol. The largest absolute Gasteiger partial charge is 0.497 e. The topological polar surface area (TPSA) is 109 Å². The summed E-state index contributed by atoms with van der Waals surface area (Å²) >= 11 is 6.31. The van der Waals surface area contributed by atoms with E-state index in [2.05, 4.69) is 20.3 Å². The molecule has 0 unspecified atom stereocenters. The molecule has 1 heterocycles. The van der Waals surface area contributed by atoms with Crippen molar-refractivity contribution in [2.45, 2.75) is 4.90 Å². The third-order valence-corrected chi connectivity index (χ3v) is 6.23. The minimum Gasteiger partial charge on any atom is -0.497 e. The van der Waals surface area contributed by atoms with E-state index in [4.69, 9.17) is 17.0 Å². The molecule has 1 amide bonds. The average Bonchev–Trinajstić information content (AvgIpc) is 3.25. The fourth-order valence-electron chi connectivity index (χ4n) is 2.37. The van der Waals surface area contributed by atoms with E-state index in [1.54, 1.807) is 42.8 Å². The number of nitrogens with one attached hydrogen (secondary N) is 3. The molecule has 3 N–H and O–H groups in total. The number of ether oxygens (including phenoxy) is 1. The molecule has 0 bridgehead atoms. The normalized spacial score (nSPS) is 11.1. The highest BCUT2D eigenvalue weighted by Gasteiger charge is 2.15. The Morgan fingerprint density at radius 1 is 1.13 bits per heavy atom. The molecule has 3 aromatic rings. The number of thiazole rings is 1. The smallest absolute Gasteiger partial charge is 0.263 e. The molecule has 2 aromatic carbocycles. The number of nitrogens with zero attached hydrogens (tertiary/aromatic N) is 1. The van der Waals surface area contributed by atoms with Gasteiger partial charge in [-0.25, -0.2) is 13.4 Å². The van der Waals surface area contributed by atoms with Crippen molar-refractivity contribution < 1.29 is 17.9 Å². The molecule has 0 saturated carbocycles. The quantitative estimate of drug-likeness (QED) is 0.355. The van der Waals surface area contributed by atoms with Crippen LogP contribution in [0.3, 0.4) is 0 Å². The number of thiocarbonyl (C=S) groups is 1. The van der Waals surface area contributed by atoms with Gasteiger partial charge in [-0.05, 0) is 60.3 Å². The van der Waals surface area contributed by atoms with Crippen molar-refractivity contribution >= 4 is 61.5 Å². The minimum absolute atomic E-state index is 0.0747. The summed E-state index contributed by atoms with van der Waals surface area (Å²) in [5.74, 6) is 0.324. The maximum absolute atomic E-state index is 12.3. The molecule has 0 atom stereocenters. The lowest BCUT2D eigenvalue weighted by molar-refractivity contribution is -0.115. The van der Waals surface area contributed by atoms with Gasteiger partial charge < -0.3 is 10.1 Å². The van der Waals surface area contributed by atoms with Crippen molar-refractivity contribution in [1.29, 1.82) is 0 Å². The average molecular weight is 475 g/mol. The lowest BCUT2D eigenvalue weighted by atomic mass is 10.2. The van der Waals surface area contributed by atoms with E-state index >= 15 is 0 Å². The standard InChI is InChI=1S/C20H18N4O4S3/c1-28-16-7-2-14(3-8-16)4-11-18(25)23-19(29)22-15-5-9-17(10-6-15)31(26,27)24-20-21-12-13-30-20/h2-13H,1H3,(H,21,24)(H2,22,23,25,29)/b11-4+. The van der Waals surface area contributed by atoms with Crippen LogP contribution in [0.15, 0.2) is 71.1 Å². The second-order valence-electron chi connectivity index (χ2n) is 6.02. The fourth-order valence-corrected chi connectivity index (χ4v) is 4.38. The van der Waals surface area contributed by atoms with Crippen LogP contribution >= 0.6 is 23.6 Å². The van der Waals surface area contributed by atoms with Gasteiger partial charge in [0.25, 0.3) is 10.0 Å². The van der Waals surface area contributed by atoms with E-state index in [0.29, 0.717) is 5.69 Å². The summed E-state index contributed by atoms with van der Waals surface area (Å²) in [6, 6.07) is 13.2. The first-order chi connectivity index (χ1) is 14.9. The van der Waals surface area contributed by atoms with Crippen LogP contribution in [0.25, 0.3) is 6.08 Å². The molecule has 1 aromatic heterocycles. The van der Waals surface area contributed by atoms with Crippen molar-refractivity contribution in [3.63, 3.8) is 0 Å². The van der Waals surface area contributed by atoms with Crippen molar-refractivity contribution in [3.8, 4) is 5.75 Å². The van der Waals surface area contributed by atoms with Crippen LogP contribution in [-0.2, 0) is 14.8 Å². The molecule has 0 saturated heterocycles. The number of hydrogen-bond donors (Lipinski definition) is 3. The van der Waals surface area contributed by atoms with Crippen LogP contribution in [0.4, 0.5) is 10.8 Å². The Morgan fingerprint density at radius 2 is 1.84 bits per heavy atom. The number of rotatable bonds is 7. The number of benzene rings is 2. The summed E-state index contributed by atoms with van der Waals surface area (Å²) < 4.78 is 32.2. The molecule has 0 fully saturated rings. The Hall–Kier alpha value is -3.28. The zero-order chi connectivity index (χ0) is 22.3. The third-order valence-electron chi connectivity index (χ3n) is 3.86. The highest BCUT2D eigenvalue weighted by atomic mass is 32.2. The summed E-state index contributed by atoms with van der Waals surface area (Å²) in [5, 5.41) is 7.41. The van der Waals surface area contributed by atoms with Crippen molar-refractivity contribution in [2.75, 3.05) is 17.1 Å². The van der Waals surface area contributed by atoms with Crippen molar-refractivity contribution in [2.24, 2.45) is 0 Å². The molecule has 0 aliphatic rings. The highest BCUT2D eigenvalue weighted by molar-refractivity contribution is 7.93. The van der Waals surface area contributed by atoms with Crippen molar-refractivity contribution in [1.82, 2.24) is 10.3 Å². The van der Waals surface area contributed by atoms with Crippen LogP contribution in [0, 0.1) is 0 Å². The first-order valence-corrected chi connectivity index (χ1v) is 11.6. The van der Waals surface area contributed by atoms with E-state index in [-0.39, 0.29) is 15.1 Å². The van der Waals surface area contributed by atoms with Gasteiger partial charge in [0, 0.05) is 23.3 Å². The molecule has 31 heavy (non-hydrogen) atoms. The van der Waals surface area contributed by atoms with Gasteiger partial charge in [0.15, 0.2) is 10.2 Å². The first-order valence-electron chi connectivity index (χ1n) is 8.82. The number of anilines is 2. The van der Waals surface area contributed by atoms with E-state index in [0.717, 1.165) is 11.3 Å². The van der Waals surface area contributed by atoms with Crippen LogP contribution < -0.4 is 20.1 Å². The number of hydrogen-bond acceptors (Lipinski definition) is 7. The van der Waals surface area contributed by atoms with Crippen molar-refractivity contribution in [3.05, 3.63) is 71.7 Å².